The van der Waals surface area contributed by atoms with E-state index < -0.39 is 0 Å². The highest BCUT2D eigenvalue weighted by Gasteiger charge is 2.48. The lowest BCUT2D eigenvalue weighted by Crippen LogP contribution is -2.43. The lowest BCUT2D eigenvalue weighted by Gasteiger charge is -2.41. The SMILES string of the molecule is CCCNC1CC(C)(C2CC2)Oc2cc(OC)ccc21. The second-order valence-corrected chi connectivity index (χ2v) is 6.30. The van der Waals surface area contributed by atoms with Crippen LogP contribution in [0.3, 0.4) is 0 Å². The fourth-order valence-electron chi connectivity index (χ4n) is 3.27. The molecule has 0 aromatic heterocycles. The molecule has 3 nitrogen and oxygen atoms in total. The van der Waals surface area contributed by atoms with E-state index in [1.807, 2.05) is 12.1 Å². The van der Waals surface area contributed by atoms with Gasteiger partial charge < -0.3 is 14.8 Å². The number of rotatable bonds is 5. The topological polar surface area (TPSA) is 30.5 Å². The first-order valence-electron chi connectivity index (χ1n) is 7.76. The highest BCUT2D eigenvalue weighted by Crippen LogP contribution is 2.51. The van der Waals surface area contributed by atoms with Crippen molar-refractivity contribution in [2.24, 2.45) is 5.92 Å². The first-order chi connectivity index (χ1) is 9.66. The van der Waals surface area contributed by atoms with E-state index in [4.69, 9.17) is 9.47 Å². The van der Waals surface area contributed by atoms with Crippen LogP contribution < -0.4 is 14.8 Å². The van der Waals surface area contributed by atoms with E-state index in [0.29, 0.717) is 12.0 Å². The summed E-state index contributed by atoms with van der Waals surface area (Å²) in [5.74, 6) is 2.59. The third-order valence-corrected chi connectivity index (χ3v) is 4.63. The van der Waals surface area contributed by atoms with Crippen molar-refractivity contribution in [3.05, 3.63) is 23.8 Å². The van der Waals surface area contributed by atoms with Gasteiger partial charge in [0.2, 0.25) is 0 Å². The number of hydrogen-bond donors (Lipinski definition) is 1. The van der Waals surface area contributed by atoms with E-state index >= 15 is 0 Å². The molecule has 1 aliphatic heterocycles. The van der Waals surface area contributed by atoms with Gasteiger partial charge >= 0.3 is 0 Å². The van der Waals surface area contributed by atoms with Crippen LogP contribution in [0.1, 0.15) is 51.1 Å². The zero-order valence-corrected chi connectivity index (χ0v) is 12.7. The first kappa shape index (κ1) is 13.7. The van der Waals surface area contributed by atoms with Gasteiger partial charge in [0.05, 0.1) is 7.11 Å². The van der Waals surface area contributed by atoms with E-state index in [2.05, 4.69) is 25.2 Å². The van der Waals surface area contributed by atoms with Gasteiger partial charge in [-0.1, -0.05) is 13.0 Å². The molecule has 0 bridgehead atoms. The van der Waals surface area contributed by atoms with Crippen LogP contribution in [0.5, 0.6) is 11.5 Å². The maximum absolute atomic E-state index is 6.38. The first-order valence-corrected chi connectivity index (χ1v) is 7.76. The summed E-state index contributed by atoms with van der Waals surface area (Å²) in [5, 5.41) is 3.68. The van der Waals surface area contributed by atoms with Crippen LogP contribution in [0.2, 0.25) is 0 Å². The predicted molar refractivity (Wildman–Crippen MR) is 80.4 cm³/mol. The number of benzene rings is 1. The molecule has 2 unspecified atom stereocenters. The number of fused-ring (bicyclic) bond motifs is 1. The van der Waals surface area contributed by atoms with Crippen LogP contribution in [0.25, 0.3) is 0 Å². The van der Waals surface area contributed by atoms with Crippen molar-refractivity contribution in [2.45, 2.75) is 51.2 Å². The molecule has 2 atom stereocenters. The lowest BCUT2D eigenvalue weighted by atomic mass is 9.85. The summed E-state index contributed by atoms with van der Waals surface area (Å²) < 4.78 is 11.7. The summed E-state index contributed by atoms with van der Waals surface area (Å²) >= 11 is 0. The van der Waals surface area contributed by atoms with Crippen molar-refractivity contribution >= 4 is 0 Å². The molecule has 1 N–H and O–H groups in total. The molecule has 1 aromatic rings. The Bertz CT molecular complexity index is 484. The molecular weight excluding hydrogens is 250 g/mol. The number of methoxy groups -OCH3 is 1. The van der Waals surface area contributed by atoms with Crippen molar-refractivity contribution in [2.75, 3.05) is 13.7 Å². The summed E-state index contributed by atoms with van der Waals surface area (Å²) in [4.78, 5) is 0. The van der Waals surface area contributed by atoms with E-state index in [1.165, 1.54) is 18.4 Å². The molecule has 3 rings (SSSR count). The Morgan fingerprint density at radius 1 is 1.40 bits per heavy atom. The third-order valence-electron chi connectivity index (χ3n) is 4.63. The Morgan fingerprint density at radius 2 is 2.20 bits per heavy atom. The van der Waals surface area contributed by atoms with Gasteiger partial charge in [0.1, 0.15) is 17.1 Å². The Hall–Kier alpha value is -1.22. The Morgan fingerprint density at radius 3 is 2.85 bits per heavy atom. The van der Waals surface area contributed by atoms with Crippen LogP contribution in [0.15, 0.2) is 18.2 Å². The van der Waals surface area contributed by atoms with Gasteiger partial charge in [0.25, 0.3) is 0 Å². The third kappa shape index (κ3) is 2.51. The van der Waals surface area contributed by atoms with Crippen LogP contribution in [-0.2, 0) is 0 Å². The van der Waals surface area contributed by atoms with Crippen molar-refractivity contribution in [3.63, 3.8) is 0 Å². The molecule has 2 aliphatic rings. The summed E-state index contributed by atoms with van der Waals surface area (Å²) in [7, 11) is 1.71. The zero-order chi connectivity index (χ0) is 14.2. The van der Waals surface area contributed by atoms with Gasteiger partial charge in [-0.25, -0.2) is 0 Å². The average Bonchev–Trinajstić information content (AvgIpc) is 3.28. The van der Waals surface area contributed by atoms with E-state index in [-0.39, 0.29) is 5.60 Å². The van der Waals surface area contributed by atoms with Gasteiger partial charge in [-0.15, -0.1) is 0 Å². The quantitative estimate of drug-likeness (QED) is 0.889. The molecule has 3 heteroatoms. The molecule has 110 valence electrons. The standard InChI is InChI=1S/C17H25NO2/c1-4-9-18-15-11-17(2,12-5-6-12)20-16-10-13(19-3)7-8-14(15)16/h7-8,10,12,15,18H,4-6,9,11H2,1-3H3. The van der Waals surface area contributed by atoms with Gasteiger partial charge in [0, 0.05) is 24.1 Å². The Labute approximate surface area is 121 Å². The smallest absolute Gasteiger partial charge is 0.128 e. The second-order valence-electron chi connectivity index (χ2n) is 6.30. The molecule has 1 fully saturated rings. The van der Waals surface area contributed by atoms with E-state index in [9.17, 15) is 0 Å². The fourth-order valence-corrected chi connectivity index (χ4v) is 3.27. The molecule has 1 aliphatic carbocycles. The number of hydrogen-bond acceptors (Lipinski definition) is 3. The van der Waals surface area contributed by atoms with Gasteiger partial charge in [-0.05, 0) is 44.7 Å². The minimum atomic E-state index is -0.0230. The Kier molecular flexibility index (Phi) is 3.63. The van der Waals surface area contributed by atoms with Crippen molar-refractivity contribution in [1.82, 2.24) is 5.32 Å². The van der Waals surface area contributed by atoms with Crippen LogP contribution in [0, 0.1) is 5.92 Å². The highest BCUT2D eigenvalue weighted by molar-refractivity contribution is 5.44. The van der Waals surface area contributed by atoms with Crippen LogP contribution in [0.4, 0.5) is 0 Å². The molecule has 1 saturated carbocycles. The molecule has 0 radical (unpaired) electrons. The number of nitrogens with one attached hydrogen (secondary N) is 1. The van der Waals surface area contributed by atoms with E-state index in [1.54, 1.807) is 7.11 Å². The van der Waals surface area contributed by atoms with Crippen molar-refractivity contribution < 1.29 is 9.47 Å². The monoisotopic (exact) mass is 275 g/mol. The predicted octanol–water partition coefficient (Wildman–Crippen LogP) is 3.69. The van der Waals surface area contributed by atoms with Gasteiger partial charge in [-0.2, -0.15) is 0 Å². The number of ether oxygens (including phenoxy) is 2. The largest absolute Gasteiger partial charge is 0.497 e. The lowest BCUT2D eigenvalue weighted by molar-refractivity contribution is 0.0267. The van der Waals surface area contributed by atoms with Crippen LogP contribution in [-0.4, -0.2) is 19.3 Å². The molecule has 20 heavy (non-hydrogen) atoms. The summed E-state index contributed by atoms with van der Waals surface area (Å²) in [6.45, 7) is 5.53. The molecular formula is C17H25NO2. The Balaban J connectivity index is 1.91. The van der Waals surface area contributed by atoms with Crippen molar-refractivity contribution in [3.8, 4) is 11.5 Å². The second kappa shape index (κ2) is 5.28. The van der Waals surface area contributed by atoms with Gasteiger partial charge in [-0.3, -0.25) is 0 Å². The average molecular weight is 275 g/mol. The minimum absolute atomic E-state index is 0.0230. The molecule has 1 heterocycles. The zero-order valence-electron chi connectivity index (χ0n) is 12.7. The van der Waals surface area contributed by atoms with Crippen LogP contribution >= 0.6 is 0 Å². The molecule has 0 saturated heterocycles. The summed E-state index contributed by atoms with van der Waals surface area (Å²) in [6, 6.07) is 6.61. The van der Waals surface area contributed by atoms with Gasteiger partial charge in [0.15, 0.2) is 0 Å². The molecule has 0 amide bonds. The highest BCUT2D eigenvalue weighted by atomic mass is 16.5. The fraction of sp³-hybridized carbons (Fsp3) is 0.647. The van der Waals surface area contributed by atoms with E-state index in [0.717, 1.165) is 30.9 Å². The maximum atomic E-state index is 6.38. The van der Waals surface area contributed by atoms with Crippen molar-refractivity contribution in [1.29, 1.82) is 0 Å². The normalized spacial score (nSPS) is 28.6. The maximum Gasteiger partial charge on any atom is 0.128 e. The molecule has 0 spiro atoms. The summed E-state index contributed by atoms with van der Waals surface area (Å²) in [6.07, 6.45) is 4.83. The minimum Gasteiger partial charge on any atom is -0.497 e. The summed E-state index contributed by atoms with van der Waals surface area (Å²) in [5.41, 5.74) is 1.25. The molecule has 1 aromatic carbocycles.